The lowest BCUT2D eigenvalue weighted by molar-refractivity contribution is -0.133. The number of benzene rings is 1. The fraction of sp³-hybridized carbons (Fsp3) is 0.250. The zero-order chi connectivity index (χ0) is 11.4. The van der Waals surface area contributed by atoms with Gasteiger partial charge in [0.15, 0.2) is 0 Å². The number of hydrogen-bond acceptors (Lipinski definition) is 2. The summed E-state index contributed by atoms with van der Waals surface area (Å²) in [5.74, 6) is -1.07. The highest BCUT2D eigenvalue weighted by atomic mass is 16.4. The van der Waals surface area contributed by atoms with Gasteiger partial charge >= 0.3 is 5.97 Å². The maximum absolute atomic E-state index is 10.5. The molecule has 0 bridgehead atoms. The first-order chi connectivity index (χ1) is 7.00. The lowest BCUT2D eigenvalue weighted by Crippen LogP contribution is -2.05. The predicted octanol–water partition coefficient (Wildman–Crippen LogP) is 2.06. The normalized spacial score (nSPS) is 12.1. The van der Waals surface area contributed by atoms with E-state index >= 15 is 0 Å². The van der Waals surface area contributed by atoms with Crippen LogP contribution in [-0.4, -0.2) is 16.2 Å². The van der Waals surface area contributed by atoms with Gasteiger partial charge in [0, 0.05) is 12.0 Å². The number of aliphatic carboxylic acids is 1. The third kappa shape index (κ3) is 3.22. The number of aliphatic hydroxyl groups excluding tert-OH is 1. The van der Waals surface area contributed by atoms with Crippen molar-refractivity contribution in [1.82, 2.24) is 0 Å². The average Bonchev–Trinajstić information content (AvgIpc) is 2.18. The van der Waals surface area contributed by atoms with Crippen molar-refractivity contribution in [2.24, 2.45) is 0 Å². The minimum absolute atomic E-state index is 0.0167. The lowest BCUT2D eigenvalue weighted by Gasteiger charge is -2.10. The van der Waals surface area contributed by atoms with Crippen LogP contribution in [-0.2, 0) is 4.79 Å². The highest BCUT2D eigenvalue weighted by Gasteiger charge is 2.12. The molecule has 0 radical (unpaired) electrons. The monoisotopic (exact) mass is 206 g/mol. The Bertz CT molecular complexity index is 365. The molecule has 1 unspecified atom stereocenters. The van der Waals surface area contributed by atoms with Gasteiger partial charge in [-0.25, -0.2) is 4.79 Å². The molecule has 1 aromatic rings. The van der Waals surface area contributed by atoms with E-state index in [9.17, 15) is 9.90 Å². The molecule has 0 heterocycles. The van der Waals surface area contributed by atoms with E-state index in [4.69, 9.17) is 5.11 Å². The van der Waals surface area contributed by atoms with Gasteiger partial charge in [-0.1, -0.05) is 36.4 Å². The standard InChI is InChI=1S/C12H14O3/c1-8-3-5-10(6-4-8)11(13)7-9(2)12(14)15/h3-6,11,13H,2,7H2,1H3,(H,14,15). The fourth-order valence-electron chi connectivity index (χ4n) is 1.23. The molecule has 0 fully saturated rings. The number of carboxylic acid groups (broad SMARTS) is 1. The number of aliphatic hydroxyl groups is 1. The van der Waals surface area contributed by atoms with Gasteiger partial charge in [-0.3, -0.25) is 0 Å². The molecule has 0 spiro atoms. The number of aryl methyl sites for hydroxylation is 1. The summed E-state index contributed by atoms with van der Waals surface area (Å²) < 4.78 is 0. The second-order valence-corrected chi connectivity index (χ2v) is 3.54. The van der Waals surface area contributed by atoms with Gasteiger partial charge in [-0.15, -0.1) is 0 Å². The Labute approximate surface area is 88.7 Å². The van der Waals surface area contributed by atoms with Crippen LogP contribution in [0, 0.1) is 6.92 Å². The molecular formula is C12H14O3. The van der Waals surface area contributed by atoms with E-state index < -0.39 is 12.1 Å². The highest BCUT2D eigenvalue weighted by molar-refractivity contribution is 5.85. The van der Waals surface area contributed by atoms with Gasteiger partial charge in [-0.05, 0) is 12.5 Å². The molecule has 0 saturated heterocycles. The van der Waals surface area contributed by atoms with Gasteiger partial charge in [0.25, 0.3) is 0 Å². The van der Waals surface area contributed by atoms with Gasteiger partial charge in [0.1, 0.15) is 0 Å². The lowest BCUT2D eigenvalue weighted by atomic mass is 10.0. The summed E-state index contributed by atoms with van der Waals surface area (Å²) >= 11 is 0. The van der Waals surface area contributed by atoms with Gasteiger partial charge < -0.3 is 10.2 Å². The summed E-state index contributed by atoms with van der Waals surface area (Å²) in [6, 6.07) is 7.33. The Morgan fingerprint density at radius 1 is 1.40 bits per heavy atom. The van der Waals surface area contributed by atoms with Crippen LogP contribution in [0.1, 0.15) is 23.7 Å². The van der Waals surface area contributed by atoms with Crippen LogP contribution >= 0.6 is 0 Å². The topological polar surface area (TPSA) is 57.5 Å². The molecule has 0 aliphatic heterocycles. The van der Waals surface area contributed by atoms with Crippen LogP contribution in [0.25, 0.3) is 0 Å². The molecule has 80 valence electrons. The van der Waals surface area contributed by atoms with Crippen LogP contribution in [0.5, 0.6) is 0 Å². The Hall–Kier alpha value is -1.61. The minimum Gasteiger partial charge on any atom is -0.478 e. The van der Waals surface area contributed by atoms with E-state index in [1.54, 1.807) is 12.1 Å². The van der Waals surface area contributed by atoms with Crippen molar-refractivity contribution in [3.63, 3.8) is 0 Å². The van der Waals surface area contributed by atoms with Crippen molar-refractivity contribution in [3.8, 4) is 0 Å². The summed E-state index contributed by atoms with van der Waals surface area (Å²) in [6.07, 6.45) is -0.743. The molecular weight excluding hydrogens is 192 g/mol. The van der Waals surface area contributed by atoms with Gasteiger partial charge in [0.2, 0.25) is 0 Å². The molecule has 15 heavy (non-hydrogen) atoms. The maximum atomic E-state index is 10.5. The van der Waals surface area contributed by atoms with Gasteiger partial charge in [-0.2, -0.15) is 0 Å². The van der Waals surface area contributed by atoms with Crippen molar-refractivity contribution < 1.29 is 15.0 Å². The van der Waals surface area contributed by atoms with E-state index in [-0.39, 0.29) is 12.0 Å². The SMILES string of the molecule is C=C(CC(O)c1ccc(C)cc1)C(=O)O. The first kappa shape index (κ1) is 11.5. The Morgan fingerprint density at radius 3 is 2.40 bits per heavy atom. The van der Waals surface area contributed by atoms with E-state index in [0.29, 0.717) is 5.56 Å². The van der Waals surface area contributed by atoms with Crippen molar-refractivity contribution in [2.75, 3.05) is 0 Å². The fourth-order valence-corrected chi connectivity index (χ4v) is 1.23. The third-order valence-electron chi connectivity index (χ3n) is 2.20. The molecule has 0 aliphatic carbocycles. The molecule has 3 nitrogen and oxygen atoms in total. The predicted molar refractivity (Wildman–Crippen MR) is 57.5 cm³/mol. The number of carboxylic acids is 1. The number of carbonyl (C=O) groups is 1. The number of hydrogen-bond donors (Lipinski definition) is 2. The van der Waals surface area contributed by atoms with Crippen molar-refractivity contribution in [2.45, 2.75) is 19.4 Å². The largest absolute Gasteiger partial charge is 0.478 e. The molecule has 0 aliphatic rings. The van der Waals surface area contributed by atoms with Crippen molar-refractivity contribution in [3.05, 3.63) is 47.5 Å². The number of rotatable bonds is 4. The molecule has 1 aromatic carbocycles. The first-order valence-electron chi connectivity index (χ1n) is 4.66. The molecule has 3 heteroatoms. The Balaban J connectivity index is 2.69. The van der Waals surface area contributed by atoms with Crippen molar-refractivity contribution in [1.29, 1.82) is 0 Å². The third-order valence-corrected chi connectivity index (χ3v) is 2.20. The highest BCUT2D eigenvalue weighted by Crippen LogP contribution is 2.20. The average molecular weight is 206 g/mol. The van der Waals surface area contributed by atoms with Gasteiger partial charge in [0.05, 0.1) is 6.10 Å². The van der Waals surface area contributed by atoms with E-state index in [1.165, 1.54) is 0 Å². The second-order valence-electron chi connectivity index (χ2n) is 3.54. The summed E-state index contributed by atoms with van der Waals surface area (Å²) in [7, 11) is 0. The van der Waals surface area contributed by atoms with Crippen LogP contribution in [0.3, 0.4) is 0 Å². The van der Waals surface area contributed by atoms with Crippen LogP contribution in [0.4, 0.5) is 0 Å². The maximum Gasteiger partial charge on any atom is 0.331 e. The molecule has 0 amide bonds. The summed E-state index contributed by atoms with van der Waals surface area (Å²) in [6.45, 7) is 5.33. The molecule has 2 N–H and O–H groups in total. The van der Waals surface area contributed by atoms with Crippen LogP contribution in [0.15, 0.2) is 36.4 Å². The van der Waals surface area contributed by atoms with E-state index in [2.05, 4.69) is 6.58 Å². The summed E-state index contributed by atoms with van der Waals surface area (Å²) in [4.78, 5) is 10.5. The Morgan fingerprint density at radius 2 is 1.93 bits per heavy atom. The second kappa shape index (κ2) is 4.75. The van der Waals surface area contributed by atoms with Crippen LogP contribution < -0.4 is 0 Å². The smallest absolute Gasteiger partial charge is 0.331 e. The van der Waals surface area contributed by atoms with E-state index in [1.807, 2.05) is 19.1 Å². The minimum atomic E-state index is -1.07. The van der Waals surface area contributed by atoms with E-state index in [0.717, 1.165) is 5.56 Å². The molecule has 0 saturated carbocycles. The molecule has 1 atom stereocenters. The quantitative estimate of drug-likeness (QED) is 0.741. The first-order valence-corrected chi connectivity index (χ1v) is 4.66. The molecule has 0 aromatic heterocycles. The zero-order valence-corrected chi connectivity index (χ0v) is 8.60. The van der Waals surface area contributed by atoms with Crippen LogP contribution in [0.2, 0.25) is 0 Å². The Kier molecular flexibility index (Phi) is 3.63. The van der Waals surface area contributed by atoms with Crippen molar-refractivity contribution >= 4 is 5.97 Å². The molecule has 1 rings (SSSR count). The summed E-state index contributed by atoms with van der Waals surface area (Å²) in [5, 5.41) is 18.3. The summed E-state index contributed by atoms with van der Waals surface area (Å²) in [5.41, 5.74) is 1.83. The zero-order valence-electron chi connectivity index (χ0n) is 8.60.